The smallest absolute Gasteiger partial charge is 0.266 e. The Morgan fingerprint density at radius 1 is 1.15 bits per heavy atom. The van der Waals surface area contributed by atoms with E-state index in [-0.39, 0.29) is 13.0 Å². The van der Waals surface area contributed by atoms with Crippen LogP contribution in [0.3, 0.4) is 0 Å². The maximum atomic E-state index is 10.9. The van der Waals surface area contributed by atoms with Crippen LogP contribution in [0.25, 0.3) is 0 Å². The summed E-state index contributed by atoms with van der Waals surface area (Å²) < 4.78 is 22.8. The third kappa shape index (κ3) is 3.62. The van der Waals surface area contributed by atoms with Crippen molar-refractivity contribution in [2.45, 2.75) is 7.43 Å². The molecule has 0 fully saturated rings. The van der Waals surface area contributed by atoms with Crippen molar-refractivity contribution in [3.8, 4) is 0 Å². The molecule has 1 aromatic rings. The van der Waals surface area contributed by atoms with Crippen molar-refractivity contribution in [1.29, 1.82) is 0 Å². The Morgan fingerprint density at radius 2 is 1.69 bits per heavy atom. The minimum Gasteiger partial charge on any atom is -0.266 e. The van der Waals surface area contributed by atoms with E-state index in [1.165, 1.54) is 12.1 Å². The summed E-state index contributed by atoms with van der Waals surface area (Å²) >= 11 is 0. The van der Waals surface area contributed by atoms with Gasteiger partial charge < -0.3 is 0 Å². The number of carbonyl (C=O) groups excluding carboxylic acids is 1. The van der Waals surface area contributed by atoms with Crippen LogP contribution in [0.1, 0.15) is 17.8 Å². The van der Waals surface area contributed by atoms with Crippen LogP contribution in [0.2, 0.25) is 0 Å². The molecule has 0 aromatic heterocycles. The lowest BCUT2D eigenvalue weighted by Gasteiger charge is -1.88. The van der Waals surface area contributed by atoms with Gasteiger partial charge in [-0.2, -0.15) is 8.42 Å². The van der Waals surface area contributed by atoms with Crippen molar-refractivity contribution >= 4 is 16.4 Å². The van der Waals surface area contributed by atoms with Gasteiger partial charge in [-0.3, -0.25) is 4.79 Å². The highest BCUT2D eigenvalue weighted by atomic mass is 32.2. The number of amides is 1. The lowest BCUT2D eigenvalue weighted by Crippen LogP contribution is -1.92. The molecule has 0 saturated heterocycles. The Bertz CT molecular complexity index is 400. The fourth-order valence-corrected chi connectivity index (χ4v) is 0.942. The summed E-state index contributed by atoms with van der Waals surface area (Å²) in [6.07, 6.45) is 0. The first-order valence-electron chi connectivity index (χ1n) is 3.10. The number of carbonyl (C=O) groups is 1. The van der Waals surface area contributed by atoms with Crippen LogP contribution >= 0.6 is 0 Å². The Hall–Kier alpha value is -1.49. The minimum absolute atomic E-state index is 0. The van der Waals surface area contributed by atoms with E-state index >= 15 is 0 Å². The fraction of sp³-hybridized carbons (Fsp3) is 0.125. The van der Waals surface area contributed by atoms with Crippen molar-refractivity contribution in [2.75, 3.05) is 0 Å². The van der Waals surface area contributed by atoms with Gasteiger partial charge in [-0.1, -0.05) is 30.0 Å². The van der Waals surface area contributed by atoms with Gasteiger partial charge in [0, 0.05) is 5.56 Å². The fourth-order valence-electron chi connectivity index (χ4n) is 0.701. The van der Waals surface area contributed by atoms with E-state index in [0.29, 0.717) is 0 Å². The van der Waals surface area contributed by atoms with Crippen molar-refractivity contribution in [2.24, 2.45) is 4.36 Å². The lowest BCUT2D eigenvalue weighted by atomic mass is 10.2. The number of benzene rings is 1. The molecule has 1 aromatic carbocycles. The van der Waals surface area contributed by atoms with Gasteiger partial charge in [-0.05, 0) is 12.1 Å². The summed E-state index contributed by atoms with van der Waals surface area (Å²) in [7, 11) is -2.67. The van der Waals surface area contributed by atoms with E-state index in [1.807, 2.05) is 0 Å². The molecule has 0 heterocycles. The standard InChI is InChI=1S/C7H5NO3S.CH4/c9-7(8-12(10)11)6-4-2-1-3-5-6;/h1-5H;1H4. The predicted octanol–water partition coefficient (Wildman–Crippen LogP) is 1.53. The summed E-state index contributed by atoms with van der Waals surface area (Å²) in [6.45, 7) is 0. The highest BCUT2D eigenvalue weighted by Crippen LogP contribution is 1.99. The van der Waals surface area contributed by atoms with Crippen LogP contribution in [-0.4, -0.2) is 14.3 Å². The van der Waals surface area contributed by atoms with Crippen molar-refractivity contribution in [1.82, 2.24) is 0 Å². The van der Waals surface area contributed by atoms with Gasteiger partial charge in [0.15, 0.2) is 0 Å². The normalized spacial score (nSPS) is 8.31. The molecule has 70 valence electrons. The monoisotopic (exact) mass is 199 g/mol. The average Bonchev–Trinajstić information content (AvgIpc) is 2.05. The van der Waals surface area contributed by atoms with Crippen LogP contribution < -0.4 is 0 Å². The van der Waals surface area contributed by atoms with E-state index in [0.717, 1.165) is 0 Å². The molecule has 0 aliphatic heterocycles. The molecule has 0 aliphatic carbocycles. The van der Waals surface area contributed by atoms with E-state index in [2.05, 4.69) is 4.36 Å². The van der Waals surface area contributed by atoms with Crippen molar-refractivity contribution in [3.63, 3.8) is 0 Å². The third-order valence-electron chi connectivity index (χ3n) is 1.18. The Kier molecular flexibility index (Phi) is 4.61. The molecule has 0 spiro atoms. The quantitative estimate of drug-likeness (QED) is 0.688. The molecule has 0 radical (unpaired) electrons. The zero-order valence-electron chi connectivity index (χ0n) is 5.97. The largest absolute Gasteiger partial charge is 0.319 e. The van der Waals surface area contributed by atoms with Gasteiger partial charge in [-0.15, -0.1) is 0 Å². The third-order valence-corrected chi connectivity index (χ3v) is 1.49. The van der Waals surface area contributed by atoms with Crippen LogP contribution in [0, 0.1) is 0 Å². The molecule has 0 bridgehead atoms. The molecule has 5 heteroatoms. The Morgan fingerprint density at radius 3 is 2.15 bits per heavy atom. The molecule has 0 saturated carbocycles. The predicted molar refractivity (Wildman–Crippen MR) is 48.9 cm³/mol. The van der Waals surface area contributed by atoms with Crippen LogP contribution in [0.4, 0.5) is 0 Å². The summed E-state index contributed by atoms with van der Waals surface area (Å²) in [5.41, 5.74) is 0.265. The summed E-state index contributed by atoms with van der Waals surface area (Å²) in [6, 6.07) is 8.00. The average molecular weight is 199 g/mol. The summed E-state index contributed by atoms with van der Waals surface area (Å²) in [5, 5.41) is 0. The lowest BCUT2D eigenvalue weighted by molar-refractivity contribution is 0.100. The summed E-state index contributed by atoms with van der Waals surface area (Å²) in [4.78, 5) is 10.9. The minimum atomic E-state index is -2.67. The van der Waals surface area contributed by atoms with Gasteiger partial charge in [0.2, 0.25) is 0 Å². The topological polar surface area (TPSA) is 63.6 Å². The van der Waals surface area contributed by atoms with E-state index in [4.69, 9.17) is 0 Å². The summed E-state index contributed by atoms with van der Waals surface area (Å²) in [5.74, 6) is -0.746. The van der Waals surface area contributed by atoms with E-state index in [1.54, 1.807) is 18.2 Å². The molecule has 13 heavy (non-hydrogen) atoms. The molecule has 0 N–H and O–H groups in total. The van der Waals surface area contributed by atoms with Crippen molar-refractivity contribution in [3.05, 3.63) is 35.9 Å². The first-order chi connectivity index (χ1) is 5.70. The van der Waals surface area contributed by atoms with Crippen molar-refractivity contribution < 1.29 is 13.2 Å². The maximum Gasteiger partial charge on any atom is 0.319 e. The molecule has 4 nitrogen and oxygen atoms in total. The van der Waals surface area contributed by atoms with Gasteiger partial charge >= 0.3 is 10.5 Å². The Balaban J connectivity index is 0.00000144. The second-order valence-corrected chi connectivity index (χ2v) is 2.60. The number of nitrogens with zero attached hydrogens (tertiary/aromatic N) is 1. The number of rotatable bonds is 1. The first kappa shape index (κ1) is 11.5. The Labute approximate surface area is 77.9 Å². The number of hydrogen-bond acceptors (Lipinski definition) is 3. The van der Waals surface area contributed by atoms with E-state index < -0.39 is 16.4 Å². The molecule has 1 amide bonds. The molecule has 0 aliphatic rings. The maximum absolute atomic E-state index is 10.9. The SMILES string of the molecule is C.O=C(N=S(=O)=O)c1ccccc1. The zero-order valence-corrected chi connectivity index (χ0v) is 6.78. The molecular weight excluding hydrogens is 190 g/mol. The zero-order chi connectivity index (χ0) is 8.97. The molecule has 0 atom stereocenters. The second-order valence-electron chi connectivity index (χ2n) is 1.98. The molecular formula is C8H9NO3S. The van der Waals surface area contributed by atoms with E-state index in [9.17, 15) is 13.2 Å². The van der Waals surface area contributed by atoms with Gasteiger partial charge in [-0.25, -0.2) is 0 Å². The highest BCUT2D eigenvalue weighted by Gasteiger charge is 2.01. The molecule has 1 rings (SSSR count). The van der Waals surface area contributed by atoms with Crippen LogP contribution in [0.15, 0.2) is 34.7 Å². The van der Waals surface area contributed by atoms with Gasteiger partial charge in [0.25, 0.3) is 5.91 Å². The van der Waals surface area contributed by atoms with Crippen LogP contribution in [-0.2, 0) is 10.5 Å². The number of hydrogen-bond donors (Lipinski definition) is 0. The van der Waals surface area contributed by atoms with Gasteiger partial charge in [0.1, 0.15) is 0 Å². The van der Waals surface area contributed by atoms with Gasteiger partial charge in [0.05, 0.1) is 0 Å². The van der Waals surface area contributed by atoms with Crippen LogP contribution in [0.5, 0.6) is 0 Å². The first-order valence-corrected chi connectivity index (χ1v) is 4.14. The second kappa shape index (κ2) is 5.21. The molecule has 0 unspecified atom stereocenters. The highest BCUT2D eigenvalue weighted by molar-refractivity contribution is 7.62.